The predicted molar refractivity (Wildman–Crippen MR) is 129 cm³/mol. The molecule has 0 saturated heterocycles. The SMILES string of the molecule is C[C@@H](c1ccccc1)N1C=CC(=O)C[C@@H]1c1cc2ccccc2n1S(=O)(=O)c1ccccc1. The van der Waals surface area contributed by atoms with E-state index in [2.05, 4.69) is 11.8 Å². The summed E-state index contributed by atoms with van der Waals surface area (Å²) in [5.74, 6) is -0.0228. The molecule has 0 fully saturated rings. The molecule has 0 aliphatic carbocycles. The summed E-state index contributed by atoms with van der Waals surface area (Å²) in [4.78, 5) is 14.8. The molecule has 5 nitrogen and oxygen atoms in total. The van der Waals surface area contributed by atoms with Crippen molar-refractivity contribution in [3.05, 3.63) is 115 Å². The number of carbonyl (C=O) groups excluding carboxylic acids is 1. The highest BCUT2D eigenvalue weighted by atomic mass is 32.2. The molecule has 1 aliphatic rings. The zero-order valence-electron chi connectivity index (χ0n) is 18.2. The second kappa shape index (κ2) is 8.37. The van der Waals surface area contributed by atoms with Crippen LogP contribution in [0.15, 0.2) is 108 Å². The van der Waals surface area contributed by atoms with Crippen molar-refractivity contribution in [3.63, 3.8) is 0 Å². The lowest BCUT2D eigenvalue weighted by molar-refractivity contribution is -0.116. The fourth-order valence-corrected chi connectivity index (χ4v) is 6.14. The third kappa shape index (κ3) is 3.76. The van der Waals surface area contributed by atoms with Crippen LogP contribution in [0.3, 0.4) is 0 Å². The van der Waals surface area contributed by atoms with E-state index in [4.69, 9.17) is 0 Å². The first-order valence-electron chi connectivity index (χ1n) is 10.9. The molecule has 33 heavy (non-hydrogen) atoms. The normalized spacial score (nSPS) is 17.4. The van der Waals surface area contributed by atoms with Crippen molar-refractivity contribution in [2.45, 2.75) is 30.3 Å². The first kappa shape index (κ1) is 21.2. The lowest BCUT2D eigenvalue weighted by atomic mass is 9.97. The van der Waals surface area contributed by atoms with Crippen LogP contribution in [0.1, 0.15) is 36.7 Å². The molecule has 5 rings (SSSR count). The molecule has 1 aromatic heterocycles. The number of ketones is 1. The lowest BCUT2D eigenvalue weighted by Gasteiger charge is -2.38. The Kier molecular flexibility index (Phi) is 5.38. The van der Waals surface area contributed by atoms with Crippen molar-refractivity contribution < 1.29 is 13.2 Å². The fraction of sp³-hybridized carbons (Fsp3) is 0.148. The molecule has 0 N–H and O–H groups in total. The van der Waals surface area contributed by atoms with Crippen molar-refractivity contribution in [2.75, 3.05) is 0 Å². The Morgan fingerprint density at radius 1 is 0.879 bits per heavy atom. The summed E-state index contributed by atoms with van der Waals surface area (Å²) in [6.07, 6.45) is 3.58. The number of allylic oxidation sites excluding steroid dienone is 1. The molecule has 0 saturated carbocycles. The van der Waals surface area contributed by atoms with Crippen LogP contribution in [0.4, 0.5) is 0 Å². The molecule has 6 heteroatoms. The summed E-state index contributed by atoms with van der Waals surface area (Å²) in [6.45, 7) is 2.07. The van der Waals surface area contributed by atoms with E-state index >= 15 is 0 Å². The summed E-state index contributed by atoms with van der Waals surface area (Å²) in [6, 6.07) is 27.3. The minimum atomic E-state index is -3.88. The van der Waals surface area contributed by atoms with Crippen LogP contribution >= 0.6 is 0 Å². The van der Waals surface area contributed by atoms with Gasteiger partial charge in [-0.2, -0.15) is 0 Å². The van der Waals surface area contributed by atoms with E-state index in [1.807, 2.05) is 60.7 Å². The molecule has 4 aromatic rings. The van der Waals surface area contributed by atoms with Crippen molar-refractivity contribution in [3.8, 4) is 0 Å². The van der Waals surface area contributed by atoms with Gasteiger partial charge in [0, 0.05) is 18.0 Å². The first-order chi connectivity index (χ1) is 16.0. The summed E-state index contributed by atoms with van der Waals surface area (Å²) >= 11 is 0. The molecule has 3 aromatic carbocycles. The maximum atomic E-state index is 13.8. The van der Waals surface area contributed by atoms with Gasteiger partial charge in [0.2, 0.25) is 0 Å². The monoisotopic (exact) mass is 456 g/mol. The maximum Gasteiger partial charge on any atom is 0.268 e. The van der Waals surface area contributed by atoms with Crippen LogP contribution in [-0.4, -0.2) is 23.1 Å². The molecule has 166 valence electrons. The lowest BCUT2D eigenvalue weighted by Crippen LogP contribution is -2.33. The average molecular weight is 457 g/mol. The van der Waals surface area contributed by atoms with Gasteiger partial charge >= 0.3 is 0 Å². The number of para-hydroxylation sites is 1. The second-order valence-corrected chi connectivity index (χ2v) is 10.0. The Labute approximate surface area is 193 Å². The number of nitrogens with zero attached hydrogens (tertiary/aromatic N) is 2. The third-order valence-corrected chi connectivity index (χ3v) is 7.99. The number of aromatic nitrogens is 1. The fourth-order valence-electron chi connectivity index (χ4n) is 4.55. The summed E-state index contributed by atoms with van der Waals surface area (Å²) in [7, 11) is -3.88. The van der Waals surface area contributed by atoms with Crippen LogP contribution in [0.25, 0.3) is 10.9 Å². The quantitative estimate of drug-likeness (QED) is 0.400. The first-order valence-corrected chi connectivity index (χ1v) is 12.4. The van der Waals surface area contributed by atoms with Gasteiger partial charge in [0.15, 0.2) is 5.78 Å². The Balaban J connectivity index is 1.71. The Hall–Kier alpha value is -3.64. The van der Waals surface area contributed by atoms with Crippen molar-refractivity contribution in [2.24, 2.45) is 0 Å². The van der Waals surface area contributed by atoms with E-state index in [9.17, 15) is 13.2 Å². The van der Waals surface area contributed by atoms with E-state index in [0.29, 0.717) is 11.2 Å². The van der Waals surface area contributed by atoms with Crippen LogP contribution in [0.5, 0.6) is 0 Å². The van der Waals surface area contributed by atoms with Gasteiger partial charge in [-0.05, 0) is 42.8 Å². The van der Waals surface area contributed by atoms with Crippen LogP contribution < -0.4 is 0 Å². The smallest absolute Gasteiger partial charge is 0.268 e. The number of rotatable bonds is 5. The summed E-state index contributed by atoms with van der Waals surface area (Å²) < 4.78 is 29.1. The van der Waals surface area contributed by atoms with E-state index in [0.717, 1.165) is 10.9 Å². The van der Waals surface area contributed by atoms with Crippen molar-refractivity contribution >= 4 is 26.7 Å². The third-order valence-electron chi connectivity index (χ3n) is 6.23. The summed E-state index contributed by atoms with van der Waals surface area (Å²) in [5.41, 5.74) is 2.28. The van der Waals surface area contributed by atoms with Gasteiger partial charge in [-0.15, -0.1) is 0 Å². The van der Waals surface area contributed by atoms with Gasteiger partial charge in [0.1, 0.15) is 0 Å². The molecule has 0 unspecified atom stereocenters. The highest BCUT2D eigenvalue weighted by Crippen LogP contribution is 2.39. The molecule has 0 radical (unpaired) electrons. The number of fused-ring (bicyclic) bond motifs is 1. The standard InChI is InChI=1S/C27H24N2O3S/c1-20(21-10-4-2-5-11-21)28-17-16-23(30)19-26(28)27-18-22-12-8-9-15-25(22)29(27)33(31,32)24-13-6-3-7-14-24/h2-18,20,26H,19H2,1H3/t20-,26+/m0/s1. The van der Waals surface area contributed by atoms with E-state index < -0.39 is 16.1 Å². The molecular formula is C27H24N2O3S. The number of benzene rings is 3. The van der Waals surface area contributed by atoms with Crippen molar-refractivity contribution in [1.82, 2.24) is 8.87 Å². The summed E-state index contributed by atoms with van der Waals surface area (Å²) in [5, 5.41) is 0.821. The minimum Gasteiger partial charge on any atom is -0.362 e. The van der Waals surface area contributed by atoms with Crippen molar-refractivity contribution in [1.29, 1.82) is 0 Å². The van der Waals surface area contributed by atoms with E-state index in [-0.39, 0.29) is 23.1 Å². The topological polar surface area (TPSA) is 59.4 Å². The van der Waals surface area contributed by atoms with Crippen LogP contribution in [-0.2, 0) is 14.8 Å². The van der Waals surface area contributed by atoms with Gasteiger partial charge in [0.25, 0.3) is 10.0 Å². The van der Waals surface area contributed by atoms with Gasteiger partial charge < -0.3 is 4.90 Å². The molecule has 1 aliphatic heterocycles. The van der Waals surface area contributed by atoms with Gasteiger partial charge in [-0.25, -0.2) is 12.4 Å². The highest BCUT2D eigenvalue weighted by Gasteiger charge is 2.34. The molecule has 0 spiro atoms. The Bertz CT molecular complexity index is 1440. The Morgan fingerprint density at radius 3 is 2.24 bits per heavy atom. The maximum absolute atomic E-state index is 13.8. The van der Waals surface area contributed by atoms with Crippen LogP contribution in [0, 0.1) is 0 Å². The molecule has 2 heterocycles. The number of hydrogen-bond acceptors (Lipinski definition) is 4. The molecule has 0 amide bonds. The average Bonchev–Trinajstić information content (AvgIpc) is 3.25. The van der Waals surface area contributed by atoms with E-state index in [1.54, 1.807) is 42.6 Å². The Morgan fingerprint density at radius 2 is 1.52 bits per heavy atom. The second-order valence-electron chi connectivity index (χ2n) is 8.25. The van der Waals surface area contributed by atoms with Gasteiger partial charge in [-0.1, -0.05) is 66.7 Å². The number of hydrogen-bond donors (Lipinski definition) is 0. The molecule has 2 atom stereocenters. The van der Waals surface area contributed by atoms with Gasteiger partial charge in [-0.3, -0.25) is 4.79 Å². The molecular weight excluding hydrogens is 432 g/mol. The molecule has 0 bridgehead atoms. The van der Waals surface area contributed by atoms with Gasteiger partial charge in [0.05, 0.1) is 28.2 Å². The predicted octanol–water partition coefficient (Wildman–Crippen LogP) is 5.47. The number of carbonyl (C=O) groups is 1. The van der Waals surface area contributed by atoms with Crippen LogP contribution in [0.2, 0.25) is 0 Å². The van der Waals surface area contributed by atoms with E-state index in [1.165, 1.54) is 3.97 Å². The zero-order chi connectivity index (χ0) is 23.0. The minimum absolute atomic E-state index is 0.0228. The highest BCUT2D eigenvalue weighted by molar-refractivity contribution is 7.90. The largest absolute Gasteiger partial charge is 0.362 e. The zero-order valence-corrected chi connectivity index (χ0v) is 19.0.